The molecule has 100 valence electrons. The second-order valence-corrected chi connectivity index (χ2v) is 5.88. The summed E-state index contributed by atoms with van der Waals surface area (Å²) in [7, 11) is 0. The van der Waals surface area contributed by atoms with Gasteiger partial charge in [0.25, 0.3) is 5.91 Å². The number of fused-ring (bicyclic) bond motifs is 3. The number of nitrogens with one attached hydrogen (secondary N) is 1. The summed E-state index contributed by atoms with van der Waals surface area (Å²) in [5.74, 6) is 0.0727. The summed E-state index contributed by atoms with van der Waals surface area (Å²) in [6.07, 6.45) is 4.20. The molecule has 2 aromatic carbocycles. The normalized spacial score (nSPS) is 23.9. The Balaban J connectivity index is 1.87. The molecule has 4 rings (SSSR count). The van der Waals surface area contributed by atoms with Gasteiger partial charge in [0.15, 0.2) is 0 Å². The molecule has 2 nitrogen and oxygen atoms in total. The van der Waals surface area contributed by atoms with Crippen LogP contribution in [-0.4, -0.2) is 5.91 Å². The molecule has 1 heterocycles. The standard InChI is InChI=1S/C18H17NO/c20-17-15-9-3-1-7-14(15)12-18(19-17)11-5-8-13-6-2-4-10-16(13)18/h1-4,6-7,9-10H,5,8,11-12H2,(H,19,20). The van der Waals surface area contributed by atoms with Crippen molar-refractivity contribution in [3.05, 3.63) is 70.8 Å². The average Bonchev–Trinajstić information content (AvgIpc) is 2.48. The van der Waals surface area contributed by atoms with Crippen LogP contribution in [-0.2, 0) is 18.4 Å². The average molecular weight is 263 g/mol. The molecular formula is C18H17NO. The van der Waals surface area contributed by atoms with Crippen molar-refractivity contribution in [2.75, 3.05) is 0 Å². The van der Waals surface area contributed by atoms with Gasteiger partial charge in [-0.2, -0.15) is 0 Å². The number of carbonyl (C=O) groups is 1. The molecule has 2 aliphatic rings. The van der Waals surface area contributed by atoms with Crippen LogP contribution in [0.3, 0.4) is 0 Å². The van der Waals surface area contributed by atoms with Gasteiger partial charge in [-0.15, -0.1) is 0 Å². The Hall–Kier alpha value is -2.09. The van der Waals surface area contributed by atoms with E-state index in [9.17, 15) is 4.79 Å². The number of amides is 1. The van der Waals surface area contributed by atoms with Crippen LogP contribution < -0.4 is 5.32 Å². The minimum absolute atomic E-state index is 0.0727. The molecule has 1 N–H and O–H groups in total. The molecular weight excluding hydrogens is 246 g/mol. The highest BCUT2D eigenvalue weighted by Crippen LogP contribution is 2.40. The van der Waals surface area contributed by atoms with Gasteiger partial charge < -0.3 is 5.32 Å². The van der Waals surface area contributed by atoms with Gasteiger partial charge in [0.2, 0.25) is 0 Å². The number of aryl methyl sites for hydroxylation is 1. The number of carbonyl (C=O) groups excluding carboxylic acids is 1. The SMILES string of the molecule is O=C1NC2(CCCc3ccccc32)Cc2ccccc21. The van der Waals surface area contributed by atoms with Gasteiger partial charge in [-0.05, 0) is 42.0 Å². The third kappa shape index (κ3) is 1.61. The number of hydrogen-bond acceptors (Lipinski definition) is 1. The minimum Gasteiger partial charge on any atom is -0.342 e. The molecule has 0 bridgehead atoms. The van der Waals surface area contributed by atoms with Gasteiger partial charge in [-0.25, -0.2) is 0 Å². The van der Waals surface area contributed by atoms with Crippen LogP contribution in [0.4, 0.5) is 0 Å². The fraction of sp³-hybridized carbons (Fsp3) is 0.278. The lowest BCUT2D eigenvalue weighted by Crippen LogP contribution is -2.52. The van der Waals surface area contributed by atoms with E-state index in [-0.39, 0.29) is 11.4 Å². The molecule has 1 unspecified atom stereocenters. The maximum atomic E-state index is 12.5. The first-order valence-electron chi connectivity index (χ1n) is 7.27. The van der Waals surface area contributed by atoms with Crippen molar-refractivity contribution in [3.8, 4) is 0 Å². The lowest BCUT2D eigenvalue weighted by molar-refractivity contribution is 0.0862. The summed E-state index contributed by atoms with van der Waals surface area (Å²) in [5, 5.41) is 3.31. The largest absolute Gasteiger partial charge is 0.342 e. The predicted octanol–water partition coefficient (Wildman–Crippen LogP) is 3.20. The third-order valence-electron chi connectivity index (χ3n) is 4.69. The van der Waals surface area contributed by atoms with Crippen LogP contribution in [0, 0.1) is 0 Å². The Morgan fingerprint density at radius 3 is 2.60 bits per heavy atom. The third-order valence-corrected chi connectivity index (χ3v) is 4.69. The van der Waals surface area contributed by atoms with E-state index in [4.69, 9.17) is 0 Å². The van der Waals surface area contributed by atoms with E-state index in [1.807, 2.05) is 18.2 Å². The highest BCUT2D eigenvalue weighted by Gasteiger charge is 2.41. The van der Waals surface area contributed by atoms with Crippen molar-refractivity contribution in [2.45, 2.75) is 31.2 Å². The maximum Gasteiger partial charge on any atom is 0.252 e. The second kappa shape index (κ2) is 4.20. The quantitative estimate of drug-likeness (QED) is 0.777. The molecule has 1 atom stereocenters. The molecule has 2 aromatic rings. The Kier molecular flexibility index (Phi) is 2.46. The van der Waals surface area contributed by atoms with Gasteiger partial charge in [-0.1, -0.05) is 42.5 Å². The molecule has 0 radical (unpaired) electrons. The van der Waals surface area contributed by atoms with Crippen molar-refractivity contribution in [3.63, 3.8) is 0 Å². The zero-order valence-corrected chi connectivity index (χ0v) is 11.4. The summed E-state index contributed by atoms with van der Waals surface area (Å²) in [6, 6.07) is 16.5. The predicted molar refractivity (Wildman–Crippen MR) is 78.7 cm³/mol. The first kappa shape index (κ1) is 11.7. The second-order valence-electron chi connectivity index (χ2n) is 5.88. The van der Waals surface area contributed by atoms with E-state index in [0.717, 1.165) is 31.2 Å². The molecule has 1 amide bonds. The fourth-order valence-electron chi connectivity index (χ4n) is 3.78. The van der Waals surface area contributed by atoms with Gasteiger partial charge in [-0.3, -0.25) is 4.79 Å². The fourth-order valence-corrected chi connectivity index (χ4v) is 3.78. The molecule has 0 saturated carbocycles. The zero-order chi connectivity index (χ0) is 13.6. The van der Waals surface area contributed by atoms with Crippen molar-refractivity contribution in [1.29, 1.82) is 0 Å². The number of hydrogen-bond donors (Lipinski definition) is 1. The highest BCUT2D eigenvalue weighted by molar-refractivity contribution is 5.97. The van der Waals surface area contributed by atoms with Gasteiger partial charge in [0.05, 0.1) is 5.54 Å². The first-order chi connectivity index (χ1) is 9.78. The Morgan fingerprint density at radius 1 is 0.950 bits per heavy atom. The van der Waals surface area contributed by atoms with E-state index in [1.165, 1.54) is 16.7 Å². The van der Waals surface area contributed by atoms with Crippen LogP contribution in [0.25, 0.3) is 0 Å². The van der Waals surface area contributed by atoms with Crippen molar-refractivity contribution in [2.24, 2.45) is 0 Å². The maximum absolute atomic E-state index is 12.5. The topological polar surface area (TPSA) is 29.1 Å². The van der Waals surface area contributed by atoms with Crippen LogP contribution in [0.5, 0.6) is 0 Å². The van der Waals surface area contributed by atoms with Crippen molar-refractivity contribution in [1.82, 2.24) is 5.32 Å². The molecule has 1 aliphatic carbocycles. The molecule has 20 heavy (non-hydrogen) atoms. The van der Waals surface area contributed by atoms with Crippen LogP contribution in [0.2, 0.25) is 0 Å². The van der Waals surface area contributed by atoms with E-state index < -0.39 is 0 Å². The Morgan fingerprint density at radius 2 is 1.70 bits per heavy atom. The molecule has 0 saturated heterocycles. The minimum atomic E-state index is -0.194. The summed E-state index contributed by atoms with van der Waals surface area (Å²) >= 11 is 0. The molecule has 0 aromatic heterocycles. The Labute approximate surface area is 118 Å². The van der Waals surface area contributed by atoms with E-state index in [0.29, 0.717) is 0 Å². The van der Waals surface area contributed by atoms with Gasteiger partial charge in [0.1, 0.15) is 0 Å². The highest BCUT2D eigenvalue weighted by atomic mass is 16.1. The lowest BCUT2D eigenvalue weighted by Gasteiger charge is -2.43. The summed E-state index contributed by atoms with van der Waals surface area (Å²) < 4.78 is 0. The van der Waals surface area contributed by atoms with Crippen molar-refractivity contribution >= 4 is 5.91 Å². The van der Waals surface area contributed by atoms with Crippen LogP contribution in [0.15, 0.2) is 48.5 Å². The van der Waals surface area contributed by atoms with Gasteiger partial charge >= 0.3 is 0 Å². The zero-order valence-electron chi connectivity index (χ0n) is 11.4. The van der Waals surface area contributed by atoms with Gasteiger partial charge in [0, 0.05) is 12.0 Å². The molecule has 2 heteroatoms. The molecule has 1 spiro atoms. The Bertz CT molecular complexity index is 691. The monoisotopic (exact) mass is 263 g/mol. The molecule has 1 aliphatic heterocycles. The van der Waals surface area contributed by atoms with E-state index in [2.05, 4.69) is 35.6 Å². The smallest absolute Gasteiger partial charge is 0.252 e. The first-order valence-corrected chi connectivity index (χ1v) is 7.27. The van der Waals surface area contributed by atoms with Crippen LogP contribution in [0.1, 0.15) is 39.9 Å². The number of rotatable bonds is 0. The number of benzene rings is 2. The van der Waals surface area contributed by atoms with Crippen LogP contribution >= 0.6 is 0 Å². The summed E-state index contributed by atoms with van der Waals surface area (Å²) in [5.41, 5.74) is 4.52. The van der Waals surface area contributed by atoms with E-state index >= 15 is 0 Å². The lowest BCUT2D eigenvalue weighted by atomic mass is 9.71. The molecule has 0 fully saturated rings. The van der Waals surface area contributed by atoms with E-state index in [1.54, 1.807) is 0 Å². The summed E-state index contributed by atoms with van der Waals surface area (Å²) in [6.45, 7) is 0. The van der Waals surface area contributed by atoms with Crippen molar-refractivity contribution < 1.29 is 4.79 Å². The summed E-state index contributed by atoms with van der Waals surface area (Å²) in [4.78, 5) is 12.5.